The normalized spacial score (nSPS) is 10.2. The third-order valence-electron chi connectivity index (χ3n) is 3.20. The first kappa shape index (κ1) is 14.4. The Labute approximate surface area is 124 Å². The van der Waals surface area contributed by atoms with Crippen LogP contribution in [0.15, 0.2) is 30.3 Å². The fourth-order valence-electron chi connectivity index (χ4n) is 2.21. The molecule has 2 rings (SSSR count). The van der Waals surface area contributed by atoms with E-state index in [1.54, 1.807) is 0 Å². The average molecular weight is 286 g/mol. The zero-order valence-electron chi connectivity index (χ0n) is 11.8. The summed E-state index contributed by atoms with van der Waals surface area (Å²) in [5.41, 5.74) is 4.20. The van der Waals surface area contributed by atoms with Crippen LogP contribution in [0.4, 0.5) is 5.69 Å². The Morgan fingerprint density at radius 2 is 2.00 bits per heavy atom. The molecule has 0 saturated heterocycles. The smallest absolute Gasteiger partial charge is 0.103 e. The predicted molar refractivity (Wildman–Crippen MR) is 82.0 cm³/mol. The van der Waals surface area contributed by atoms with Crippen molar-refractivity contribution < 1.29 is 0 Å². The Kier molecular flexibility index (Phi) is 4.26. The van der Waals surface area contributed by atoms with Gasteiger partial charge >= 0.3 is 0 Å². The van der Waals surface area contributed by atoms with Crippen molar-refractivity contribution in [2.75, 3.05) is 11.9 Å². The van der Waals surface area contributed by atoms with E-state index in [-0.39, 0.29) is 0 Å². The van der Waals surface area contributed by atoms with E-state index in [2.05, 4.69) is 11.1 Å². The van der Waals surface area contributed by atoms with Gasteiger partial charge in [0.15, 0.2) is 0 Å². The zero-order chi connectivity index (χ0) is 14.7. The highest BCUT2D eigenvalue weighted by molar-refractivity contribution is 6.31. The van der Waals surface area contributed by atoms with Crippen molar-refractivity contribution in [1.29, 1.82) is 5.26 Å². The molecule has 1 aromatic carbocycles. The molecular weight excluding hydrogens is 270 g/mol. The number of benzene rings is 1. The van der Waals surface area contributed by atoms with Gasteiger partial charge in [-0.3, -0.25) is 4.98 Å². The summed E-state index contributed by atoms with van der Waals surface area (Å²) < 4.78 is 0. The molecule has 0 radical (unpaired) electrons. The number of nitriles is 1. The van der Waals surface area contributed by atoms with Gasteiger partial charge in [-0.1, -0.05) is 29.8 Å². The number of aromatic nitrogens is 1. The zero-order valence-corrected chi connectivity index (χ0v) is 12.6. The van der Waals surface area contributed by atoms with Gasteiger partial charge in [-0.25, -0.2) is 0 Å². The number of anilines is 1. The lowest BCUT2D eigenvalue weighted by atomic mass is 10.1. The average Bonchev–Trinajstić information content (AvgIpc) is 2.40. The van der Waals surface area contributed by atoms with E-state index in [4.69, 9.17) is 11.6 Å². The lowest BCUT2D eigenvalue weighted by molar-refractivity contribution is 0.911. The fourth-order valence-corrected chi connectivity index (χ4v) is 2.41. The molecule has 0 aliphatic heterocycles. The van der Waals surface area contributed by atoms with Crippen LogP contribution < -0.4 is 4.90 Å². The van der Waals surface area contributed by atoms with E-state index in [1.807, 2.05) is 56.1 Å². The molecule has 0 bridgehead atoms. The van der Waals surface area contributed by atoms with Gasteiger partial charge in [0.25, 0.3) is 0 Å². The maximum atomic E-state index is 9.32. The van der Waals surface area contributed by atoms with Gasteiger partial charge in [0.1, 0.15) is 6.07 Å². The van der Waals surface area contributed by atoms with Crippen LogP contribution in [0.25, 0.3) is 0 Å². The highest BCUT2D eigenvalue weighted by atomic mass is 35.5. The van der Waals surface area contributed by atoms with Crippen molar-refractivity contribution >= 4 is 17.3 Å². The van der Waals surface area contributed by atoms with Crippen LogP contribution in [0.3, 0.4) is 0 Å². The van der Waals surface area contributed by atoms with E-state index in [1.165, 1.54) is 0 Å². The van der Waals surface area contributed by atoms with Crippen molar-refractivity contribution in [2.24, 2.45) is 0 Å². The molecule has 0 amide bonds. The minimum Gasteiger partial charge on any atom is -0.369 e. The molecule has 0 spiro atoms. The number of pyridine rings is 1. The molecule has 0 N–H and O–H groups in total. The number of aryl methyl sites for hydroxylation is 2. The summed E-state index contributed by atoms with van der Waals surface area (Å²) in [6.07, 6.45) is 0. The number of rotatable bonds is 3. The van der Waals surface area contributed by atoms with Crippen molar-refractivity contribution in [3.05, 3.63) is 57.9 Å². The summed E-state index contributed by atoms with van der Waals surface area (Å²) >= 11 is 6.19. The van der Waals surface area contributed by atoms with Gasteiger partial charge in [-0.2, -0.15) is 5.26 Å². The molecule has 0 saturated carbocycles. The predicted octanol–water partition coefficient (Wildman–Crippen LogP) is 3.86. The van der Waals surface area contributed by atoms with Gasteiger partial charge in [0.05, 0.1) is 16.9 Å². The van der Waals surface area contributed by atoms with Crippen molar-refractivity contribution in [2.45, 2.75) is 20.4 Å². The van der Waals surface area contributed by atoms with E-state index in [0.717, 1.165) is 27.7 Å². The Morgan fingerprint density at radius 3 is 2.65 bits per heavy atom. The maximum absolute atomic E-state index is 9.32. The Balaban J connectivity index is 2.37. The monoisotopic (exact) mass is 285 g/mol. The minimum absolute atomic E-state index is 0.616. The quantitative estimate of drug-likeness (QED) is 0.860. The molecule has 0 unspecified atom stereocenters. The van der Waals surface area contributed by atoms with Crippen LogP contribution in [-0.4, -0.2) is 12.0 Å². The second-order valence-corrected chi connectivity index (χ2v) is 5.21. The van der Waals surface area contributed by atoms with Crippen LogP contribution in [0.5, 0.6) is 0 Å². The molecule has 2 aromatic rings. The molecule has 20 heavy (non-hydrogen) atoms. The molecular formula is C16H16ClN3. The van der Waals surface area contributed by atoms with Crippen LogP contribution in [0, 0.1) is 25.2 Å². The van der Waals surface area contributed by atoms with Crippen molar-refractivity contribution in [1.82, 2.24) is 4.98 Å². The summed E-state index contributed by atoms with van der Waals surface area (Å²) in [6, 6.07) is 11.9. The van der Waals surface area contributed by atoms with Crippen LogP contribution in [-0.2, 0) is 6.54 Å². The standard InChI is InChI=1S/C16H16ClN3/c1-11-8-16(14(9-18)12(2)19-11)20(3)10-13-6-4-5-7-15(13)17/h4-8H,10H2,1-3H3. The van der Waals surface area contributed by atoms with Gasteiger partial charge in [-0.15, -0.1) is 0 Å². The third-order valence-corrected chi connectivity index (χ3v) is 3.56. The lowest BCUT2D eigenvalue weighted by Gasteiger charge is -2.22. The maximum Gasteiger partial charge on any atom is 0.103 e. The topological polar surface area (TPSA) is 39.9 Å². The van der Waals surface area contributed by atoms with E-state index < -0.39 is 0 Å². The second-order valence-electron chi connectivity index (χ2n) is 4.80. The number of hydrogen-bond donors (Lipinski definition) is 0. The summed E-state index contributed by atoms with van der Waals surface area (Å²) in [6.45, 7) is 4.44. The minimum atomic E-state index is 0.616. The number of nitrogens with zero attached hydrogens (tertiary/aromatic N) is 3. The molecule has 102 valence electrons. The Bertz CT molecular complexity index is 674. The molecule has 0 fully saturated rings. The first-order chi connectivity index (χ1) is 9.52. The lowest BCUT2D eigenvalue weighted by Crippen LogP contribution is -2.19. The van der Waals surface area contributed by atoms with Gasteiger partial charge in [0, 0.05) is 24.3 Å². The molecule has 1 heterocycles. The molecule has 0 aliphatic rings. The Morgan fingerprint density at radius 1 is 1.30 bits per heavy atom. The van der Waals surface area contributed by atoms with Crippen LogP contribution >= 0.6 is 11.6 Å². The van der Waals surface area contributed by atoms with Crippen molar-refractivity contribution in [3.63, 3.8) is 0 Å². The number of halogens is 1. The van der Waals surface area contributed by atoms with Gasteiger partial charge in [0.2, 0.25) is 0 Å². The first-order valence-corrected chi connectivity index (χ1v) is 6.73. The summed E-state index contributed by atoms with van der Waals surface area (Å²) in [5.74, 6) is 0. The van der Waals surface area contributed by atoms with Gasteiger partial charge < -0.3 is 4.90 Å². The highest BCUT2D eigenvalue weighted by Crippen LogP contribution is 2.25. The molecule has 4 heteroatoms. The summed E-state index contributed by atoms with van der Waals surface area (Å²) in [7, 11) is 1.96. The van der Waals surface area contributed by atoms with E-state index >= 15 is 0 Å². The largest absolute Gasteiger partial charge is 0.369 e. The number of hydrogen-bond acceptors (Lipinski definition) is 3. The molecule has 3 nitrogen and oxygen atoms in total. The first-order valence-electron chi connectivity index (χ1n) is 6.36. The Hall–Kier alpha value is -2.05. The van der Waals surface area contributed by atoms with Crippen LogP contribution in [0.2, 0.25) is 5.02 Å². The highest BCUT2D eigenvalue weighted by Gasteiger charge is 2.13. The summed E-state index contributed by atoms with van der Waals surface area (Å²) in [4.78, 5) is 6.37. The van der Waals surface area contributed by atoms with Crippen molar-refractivity contribution in [3.8, 4) is 6.07 Å². The summed E-state index contributed by atoms with van der Waals surface area (Å²) in [5, 5.41) is 10.1. The fraction of sp³-hybridized carbons (Fsp3) is 0.250. The van der Waals surface area contributed by atoms with Crippen LogP contribution in [0.1, 0.15) is 22.5 Å². The molecule has 1 aromatic heterocycles. The second kappa shape index (κ2) is 5.94. The SMILES string of the molecule is Cc1cc(N(C)Cc2ccccc2Cl)c(C#N)c(C)n1. The molecule has 0 aliphatic carbocycles. The third kappa shape index (κ3) is 2.92. The van der Waals surface area contributed by atoms with Gasteiger partial charge in [-0.05, 0) is 31.5 Å². The van der Waals surface area contributed by atoms with E-state index in [0.29, 0.717) is 12.1 Å². The molecule has 0 atom stereocenters. The van der Waals surface area contributed by atoms with E-state index in [9.17, 15) is 5.26 Å².